The zero-order chi connectivity index (χ0) is 22.6. The number of rotatable bonds is 8. The van der Waals surface area contributed by atoms with Crippen LogP contribution in [-0.2, 0) is 16.4 Å². The van der Waals surface area contributed by atoms with Gasteiger partial charge in [-0.3, -0.25) is 0 Å². The normalized spacial score (nSPS) is 11.3. The molecule has 1 heterocycles. The number of nitrogens with one attached hydrogen (secondary N) is 1. The average Bonchev–Trinajstić information content (AvgIpc) is 3.25. The van der Waals surface area contributed by atoms with E-state index in [1.54, 1.807) is 24.3 Å². The van der Waals surface area contributed by atoms with Gasteiger partial charge in [-0.25, -0.2) is 12.8 Å². The van der Waals surface area contributed by atoms with Crippen LogP contribution in [-0.4, -0.2) is 20.0 Å². The number of ether oxygens (including phenoxy) is 1. The maximum Gasteiger partial charge on any atom is 0.234 e. The van der Waals surface area contributed by atoms with E-state index in [-0.39, 0.29) is 21.7 Å². The van der Waals surface area contributed by atoms with E-state index in [0.29, 0.717) is 24.5 Å². The Labute approximate surface area is 185 Å². The largest absolute Gasteiger partial charge is 0.494 e. The first kappa shape index (κ1) is 21.6. The Morgan fingerprint density at radius 1 is 0.969 bits per heavy atom. The standard InChI is InChI=1S/C24H21FN2O4S/c1-2-30-20-12-8-18(9-13-20)22-27-24(32(28,29)21-14-10-19(25)11-15-21)23(31-22)26-16-17-6-4-3-5-7-17/h3-15,26H,2,16H2,1H3. The number of aromatic nitrogens is 1. The van der Waals surface area contributed by atoms with Crippen LogP contribution < -0.4 is 10.1 Å². The number of nitrogens with zero attached hydrogens (tertiary/aromatic N) is 1. The van der Waals surface area contributed by atoms with Gasteiger partial charge in [0, 0.05) is 12.1 Å². The van der Waals surface area contributed by atoms with Crippen LogP contribution in [0.2, 0.25) is 0 Å². The Morgan fingerprint density at radius 2 is 1.66 bits per heavy atom. The topological polar surface area (TPSA) is 81.4 Å². The number of sulfone groups is 1. The second-order valence-corrected chi connectivity index (χ2v) is 8.77. The van der Waals surface area contributed by atoms with E-state index < -0.39 is 15.7 Å². The quantitative estimate of drug-likeness (QED) is 0.364. The average molecular weight is 453 g/mol. The second-order valence-electron chi connectivity index (χ2n) is 6.91. The molecule has 0 saturated carbocycles. The van der Waals surface area contributed by atoms with Crippen molar-refractivity contribution in [2.24, 2.45) is 0 Å². The molecule has 4 rings (SSSR count). The number of halogens is 1. The summed E-state index contributed by atoms with van der Waals surface area (Å²) in [5.41, 5.74) is 1.54. The highest BCUT2D eigenvalue weighted by atomic mass is 32.2. The highest BCUT2D eigenvalue weighted by molar-refractivity contribution is 7.91. The molecule has 0 fully saturated rings. The molecule has 0 aliphatic heterocycles. The summed E-state index contributed by atoms with van der Waals surface area (Å²) < 4.78 is 51.1. The first-order chi connectivity index (χ1) is 15.5. The smallest absolute Gasteiger partial charge is 0.234 e. The van der Waals surface area contributed by atoms with Crippen LogP contribution >= 0.6 is 0 Å². The Hall–Kier alpha value is -3.65. The van der Waals surface area contributed by atoms with Crippen molar-refractivity contribution in [2.75, 3.05) is 11.9 Å². The van der Waals surface area contributed by atoms with Gasteiger partial charge < -0.3 is 14.5 Å². The SMILES string of the molecule is CCOc1ccc(-c2nc(S(=O)(=O)c3ccc(F)cc3)c(NCc3ccccc3)o2)cc1. The van der Waals surface area contributed by atoms with E-state index in [1.807, 2.05) is 37.3 Å². The molecule has 164 valence electrons. The van der Waals surface area contributed by atoms with Crippen molar-refractivity contribution in [3.8, 4) is 17.2 Å². The number of hydrogen-bond donors (Lipinski definition) is 1. The predicted octanol–water partition coefficient (Wildman–Crippen LogP) is 5.32. The van der Waals surface area contributed by atoms with E-state index in [9.17, 15) is 12.8 Å². The van der Waals surface area contributed by atoms with Crippen molar-refractivity contribution in [2.45, 2.75) is 23.4 Å². The summed E-state index contributed by atoms with van der Waals surface area (Å²) in [5, 5.41) is 2.77. The number of anilines is 1. The maximum absolute atomic E-state index is 13.3. The van der Waals surface area contributed by atoms with E-state index in [2.05, 4.69) is 10.3 Å². The van der Waals surface area contributed by atoms with Gasteiger partial charge in [-0.2, -0.15) is 4.98 Å². The first-order valence-corrected chi connectivity index (χ1v) is 11.5. The minimum atomic E-state index is -4.05. The third-order valence-electron chi connectivity index (χ3n) is 4.68. The zero-order valence-electron chi connectivity index (χ0n) is 17.3. The number of benzene rings is 3. The summed E-state index contributed by atoms with van der Waals surface area (Å²) in [6, 6.07) is 21.1. The van der Waals surface area contributed by atoms with Gasteiger partial charge in [0.2, 0.25) is 26.6 Å². The lowest BCUT2D eigenvalue weighted by atomic mass is 10.2. The lowest BCUT2D eigenvalue weighted by Gasteiger charge is -2.06. The van der Waals surface area contributed by atoms with Crippen LogP contribution in [0.25, 0.3) is 11.5 Å². The molecular formula is C24H21FN2O4S. The molecule has 6 nitrogen and oxygen atoms in total. The highest BCUT2D eigenvalue weighted by Crippen LogP contribution is 2.33. The van der Waals surface area contributed by atoms with E-state index in [1.165, 1.54) is 12.1 Å². The van der Waals surface area contributed by atoms with Gasteiger partial charge in [0.05, 0.1) is 11.5 Å². The van der Waals surface area contributed by atoms with Crippen LogP contribution in [0.4, 0.5) is 10.3 Å². The van der Waals surface area contributed by atoms with Crippen LogP contribution in [0.5, 0.6) is 5.75 Å². The molecule has 0 saturated heterocycles. The molecule has 0 radical (unpaired) electrons. The minimum Gasteiger partial charge on any atom is -0.494 e. The van der Waals surface area contributed by atoms with Crippen molar-refractivity contribution in [3.63, 3.8) is 0 Å². The van der Waals surface area contributed by atoms with Crippen molar-refractivity contribution in [1.82, 2.24) is 4.98 Å². The fourth-order valence-electron chi connectivity index (χ4n) is 3.09. The molecule has 0 aliphatic carbocycles. The summed E-state index contributed by atoms with van der Waals surface area (Å²) in [4.78, 5) is 4.21. The molecule has 8 heteroatoms. The third kappa shape index (κ3) is 4.65. The summed E-state index contributed by atoms with van der Waals surface area (Å²) in [6.45, 7) is 2.76. The summed E-state index contributed by atoms with van der Waals surface area (Å²) >= 11 is 0. The van der Waals surface area contributed by atoms with Gasteiger partial charge in [-0.1, -0.05) is 30.3 Å². The predicted molar refractivity (Wildman–Crippen MR) is 119 cm³/mol. The Kier molecular flexibility index (Phi) is 6.23. The van der Waals surface area contributed by atoms with Crippen LogP contribution in [0.3, 0.4) is 0 Å². The van der Waals surface area contributed by atoms with Gasteiger partial charge in [-0.15, -0.1) is 0 Å². The molecule has 0 bridgehead atoms. The monoisotopic (exact) mass is 452 g/mol. The van der Waals surface area contributed by atoms with Gasteiger partial charge in [0.15, 0.2) is 0 Å². The zero-order valence-corrected chi connectivity index (χ0v) is 18.1. The molecule has 32 heavy (non-hydrogen) atoms. The molecule has 0 amide bonds. The summed E-state index contributed by atoms with van der Waals surface area (Å²) in [6.07, 6.45) is 0. The fraction of sp³-hybridized carbons (Fsp3) is 0.125. The van der Waals surface area contributed by atoms with E-state index in [4.69, 9.17) is 9.15 Å². The van der Waals surface area contributed by atoms with Gasteiger partial charge in [0.1, 0.15) is 11.6 Å². The molecule has 0 atom stereocenters. The molecule has 1 aromatic heterocycles. The Balaban J connectivity index is 1.73. The molecule has 0 unspecified atom stereocenters. The molecule has 0 aliphatic rings. The van der Waals surface area contributed by atoms with Crippen molar-refractivity contribution in [1.29, 1.82) is 0 Å². The van der Waals surface area contributed by atoms with Crippen LogP contribution in [0, 0.1) is 5.82 Å². The minimum absolute atomic E-state index is 0.0158. The van der Waals surface area contributed by atoms with E-state index in [0.717, 1.165) is 17.7 Å². The number of hydrogen-bond acceptors (Lipinski definition) is 6. The maximum atomic E-state index is 13.3. The highest BCUT2D eigenvalue weighted by Gasteiger charge is 2.28. The van der Waals surface area contributed by atoms with Crippen molar-refractivity contribution in [3.05, 3.63) is 90.2 Å². The van der Waals surface area contributed by atoms with Crippen molar-refractivity contribution >= 4 is 15.7 Å². The Bertz CT molecular complexity index is 1290. The Morgan fingerprint density at radius 3 is 2.31 bits per heavy atom. The van der Waals surface area contributed by atoms with Crippen molar-refractivity contribution < 1.29 is 22.0 Å². The lowest BCUT2D eigenvalue weighted by Crippen LogP contribution is -2.07. The first-order valence-electron chi connectivity index (χ1n) is 10.00. The van der Waals surface area contributed by atoms with Crippen LogP contribution in [0.1, 0.15) is 12.5 Å². The van der Waals surface area contributed by atoms with Gasteiger partial charge >= 0.3 is 0 Å². The summed E-state index contributed by atoms with van der Waals surface area (Å²) in [5.74, 6) is 0.317. The summed E-state index contributed by atoms with van der Waals surface area (Å²) in [7, 11) is -4.05. The number of oxazole rings is 1. The van der Waals surface area contributed by atoms with Crippen LogP contribution in [0.15, 0.2) is 93.2 Å². The fourth-order valence-corrected chi connectivity index (χ4v) is 4.37. The lowest BCUT2D eigenvalue weighted by molar-refractivity contribution is 0.340. The second kappa shape index (κ2) is 9.23. The molecule has 3 aromatic carbocycles. The van der Waals surface area contributed by atoms with Gasteiger partial charge in [-0.05, 0) is 61.0 Å². The molecule has 0 spiro atoms. The molecule has 1 N–H and O–H groups in total. The van der Waals surface area contributed by atoms with Gasteiger partial charge in [0.25, 0.3) is 0 Å². The third-order valence-corrected chi connectivity index (χ3v) is 6.36. The molecular weight excluding hydrogens is 431 g/mol. The molecule has 4 aromatic rings. The van der Waals surface area contributed by atoms with E-state index >= 15 is 0 Å².